The molecular formula is C17H18N2O4. The molecule has 0 fully saturated rings. The van der Waals surface area contributed by atoms with Crippen LogP contribution in [0, 0.1) is 6.92 Å². The monoisotopic (exact) mass is 314 g/mol. The van der Waals surface area contributed by atoms with E-state index in [0.717, 1.165) is 32.9 Å². The second-order valence-corrected chi connectivity index (χ2v) is 5.42. The van der Waals surface area contributed by atoms with Crippen molar-refractivity contribution in [2.75, 3.05) is 25.2 Å². The molecule has 0 bridgehead atoms. The van der Waals surface area contributed by atoms with Crippen molar-refractivity contribution in [2.45, 2.75) is 20.8 Å². The van der Waals surface area contributed by atoms with Crippen molar-refractivity contribution in [3.05, 3.63) is 22.1 Å². The lowest BCUT2D eigenvalue weighted by molar-refractivity contribution is -0.134. The number of carbonyl (C=O) groups is 2. The molecule has 0 saturated heterocycles. The van der Waals surface area contributed by atoms with E-state index in [1.165, 1.54) is 7.11 Å². The molecule has 120 valence electrons. The number of hydrogen-bond donors (Lipinski definition) is 0. The quantitative estimate of drug-likeness (QED) is 0.769. The largest absolute Gasteiger partial charge is 0.461 e. The summed E-state index contributed by atoms with van der Waals surface area (Å²) in [5, 5.41) is 1.81. The topological polar surface area (TPSA) is 68.2 Å². The lowest BCUT2D eigenvalue weighted by Crippen LogP contribution is -2.32. The van der Waals surface area contributed by atoms with Gasteiger partial charge in [0, 0.05) is 11.8 Å². The molecule has 6 heteroatoms. The van der Waals surface area contributed by atoms with E-state index in [1.54, 1.807) is 11.8 Å². The van der Waals surface area contributed by atoms with Gasteiger partial charge in [-0.15, -0.1) is 0 Å². The molecule has 2 heterocycles. The third-order valence-electron chi connectivity index (χ3n) is 4.14. The van der Waals surface area contributed by atoms with E-state index in [0.29, 0.717) is 18.9 Å². The zero-order valence-electron chi connectivity index (χ0n) is 13.6. The smallest absolute Gasteiger partial charge is 0.414 e. The van der Waals surface area contributed by atoms with Gasteiger partial charge in [-0.05, 0) is 43.2 Å². The molecule has 23 heavy (non-hydrogen) atoms. The van der Waals surface area contributed by atoms with E-state index in [2.05, 4.69) is 4.99 Å². The second-order valence-electron chi connectivity index (χ2n) is 5.42. The second kappa shape index (κ2) is 5.53. The van der Waals surface area contributed by atoms with Gasteiger partial charge in [0.2, 0.25) is 0 Å². The van der Waals surface area contributed by atoms with E-state index in [4.69, 9.17) is 9.47 Å². The van der Waals surface area contributed by atoms with Crippen LogP contribution in [0.3, 0.4) is 0 Å². The van der Waals surface area contributed by atoms with E-state index in [1.807, 2.05) is 26.0 Å². The van der Waals surface area contributed by atoms with Crippen molar-refractivity contribution in [3.63, 3.8) is 0 Å². The number of anilines is 1. The number of carbonyl (C=O) groups excluding carboxylic acids is 2. The van der Waals surface area contributed by atoms with Gasteiger partial charge in [0.25, 0.3) is 0 Å². The first-order valence-corrected chi connectivity index (χ1v) is 7.46. The summed E-state index contributed by atoms with van der Waals surface area (Å²) < 4.78 is 9.90. The zero-order chi connectivity index (χ0) is 16.7. The maximum Gasteiger partial charge on any atom is 0.414 e. The third kappa shape index (κ3) is 2.21. The Balaban J connectivity index is 2.18. The number of esters is 1. The van der Waals surface area contributed by atoms with Crippen LogP contribution in [0.5, 0.6) is 0 Å². The molecule has 6 nitrogen and oxygen atoms in total. The summed E-state index contributed by atoms with van der Waals surface area (Å²) in [6, 6.07) is 1.90. The van der Waals surface area contributed by atoms with Crippen LogP contribution in [0.2, 0.25) is 0 Å². The van der Waals surface area contributed by atoms with E-state index >= 15 is 0 Å². The van der Waals surface area contributed by atoms with Crippen molar-refractivity contribution < 1.29 is 19.1 Å². The molecule has 0 atom stereocenters. The van der Waals surface area contributed by atoms with Gasteiger partial charge in [-0.25, -0.2) is 14.6 Å². The molecule has 0 aromatic heterocycles. The minimum Gasteiger partial charge on any atom is -0.461 e. The lowest BCUT2D eigenvalue weighted by atomic mass is 10.0. The van der Waals surface area contributed by atoms with Crippen LogP contribution < -0.4 is 15.3 Å². The van der Waals surface area contributed by atoms with Crippen LogP contribution in [0.25, 0.3) is 11.6 Å². The fourth-order valence-electron chi connectivity index (χ4n) is 3.17. The number of nitrogens with zero attached hydrogens (tertiary/aromatic N) is 2. The fraction of sp³-hybridized carbons (Fsp3) is 0.353. The maximum absolute atomic E-state index is 12.0. The highest BCUT2D eigenvalue weighted by molar-refractivity contribution is 6.53. The van der Waals surface area contributed by atoms with Gasteiger partial charge in [0.05, 0.1) is 25.1 Å². The van der Waals surface area contributed by atoms with Gasteiger partial charge >= 0.3 is 12.1 Å². The number of amides is 1. The molecule has 0 radical (unpaired) electrons. The SMILES string of the molecule is CCOC(=O)C1=Nc2cc3c(c(C)c2=C1C)N(C(=O)OC)CC=3. The molecule has 0 N–H and O–H groups in total. The average molecular weight is 314 g/mol. The Labute approximate surface area is 133 Å². The molecule has 1 aromatic carbocycles. The molecule has 0 aliphatic carbocycles. The minimum absolute atomic E-state index is 0.306. The Kier molecular flexibility index (Phi) is 3.67. The summed E-state index contributed by atoms with van der Waals surface area (Å²) in [6.07, 6.45) is 1.55. The van der Waals surface area contributed by atoms with Gasteiger partial charge in [0.1, 0.15) is 0 Å². The molecule has 2 aliphatic heterocycles. The van der Waals surface area contributed by atoms with Gasteiger partial charge in [-0.1, -0.05) is 6.08 Å². The highest BCUT2D eigenvalue weighted by atomic mass is 16.5. The van der Waals surface area contributed by atoms with Gasteiger partial charge in [-0.3, -0.25) is 4.90 Å². The van der Waals surface area contributed by atoms with Gasteiger partial charge in [0.15, 0.2) is 5.71 Å². The number of rotatable bonds is 2. The van der Waals surface area contributed by atoms with Crippen LogP contribution in [0.4, 0.5) is 16.2 Å². The molecule has 0 spiro atoms. The van der Waals surface area contributed by atoms with Crippen LogP contribution in [0.1, 0.15) is 19.4 Å². The summed E-state index contributed by atoms with van der Waals surface area (Å²) in [6.45, 7) is 6.32. The molecule has 2 aliphatic rings. The minimum atomic E-state index is -0.422. The highest BCUT2D eigenvalue weighted by Gasteiger charge is 2.28. The summed E-state index contributed by atoms with van der Waals surface area (Å²) in [4.78, 5) is 30.0. The Bertz CT molecular complexity index is 868. The number of fused-ring (bicyclic) bond motifs is 2. The van der Waals surface area contributed by atoms with Crippen LogP contribution >= 0.6 is 0 Å². The maximum atomic E-state index is 12.0. The Morgan fingerprint density at radius 2 is 2.09 bits per heavy atom. The number of benzene rings is 1. The summed E-state index contributed by atoms with van der Waals surface area (Å²) >= 11 is 0. The standard InChI is InChI=1S/C17H18N2O4/c1-5-23-16(20)14-9(2)13-10(3)15-11(8-12(13)18-14)6-7-19(15)17(21)22-4/h6,8H,5,7H2,1-4H3. The van der Waals surface area contributed by atoms with Crippen molar-refractivity contribution in [1.29, 1.82) is 0 Å². The highest BCUT2D eigenvalue weighted by Crippen LogP contribution is 2.25. The van der Waals surface area contributed by atoms with Crippen molar-refractivity contribution in [1.82, 2.24) is 0 Å². The first-order valence-electron chi connectivity index (χ1n) is 7.46. The molecular weight excluding hydrogens is 296 g/mol. The average Bonchev–Trinajstić information content (AvgIpc) is 3.09. The summed E-state index contributed by atoms with van der Waals surface area (Å²) in [5.74, 6) is -0.422. The lowest BCUT2D eigenvalue weighted by Gasteiger charge is -2.18. The van der Waals surface area contributed by atoms with Crippen molar-refractivity contribution >= 4 is 40.8 Å². The summed E-state index contributed by atoms with van der Waals surface area (Å²) in [7, 11) is 1.36. The fourth-order valence-corrected chi connectivity index (χ4v) is 3.17. The summed E-state index contributed by atoms with van der Waals surface area (Å²) in [5.41, 5.74) is 3.57. The van der Waals surface area contributed by atoms with E-state index in [9.17, 15) is 9.59 Å². The molecule has 1 aromatic rings. The van der Waals surface area contributed by atoms with Crippen LogP contribution in [-0.4, -0.2) is 38.0 Å². The number of aliphatic imine (C=N–C) groups is 1. The van der Waals surface area contributed by atoms with Gasteiger partial charge in [-0.2, -0.15) is 0 Å². The normalized spacial score (nSPS) is 14.9. The zero-order valence-corrected chi connectivity index (χ0v) is 13.6. The van der Waals surface area contributed by atoms with Crippen molar-refractivity contribution in [3.8, 4) is 0 Å². The van der Waals surface area contributed by atoms with Crippen LogP contribution in [-0.2, 0) is 14.3 Å². The molecule has 1 amide bonds. The Morgan fingerprint density at radius 1 is 1.35 bits per heavy atom. The molecule has 0 saturated carbocycles. The first kappa shape index (κ1) is 15.3. The van der Waals surface area contributed by atoms with Gasteiger partial charge < -0.3 is 9.47 Å². The molecule has 0 unspecified atom stereocenters. The number of ether oxygens (including phenoxy) is 2. The number of methoxy groups -OCH3 is 1. The Morgan fingerprint density at radius 3 is 2.74 bits per heavy atom. The van der Waals surface area contributed by atoms with E-state index < -0.39 is 12.1 Å². The predicted octanol–water partition coefficient (Wildman–Crippen LogP) is 1.18. The predicted molar refractivity (Wildman–Crippen MR) is 87.5 cm³/mol. The number of hydrogen-bond acceptors (Lipinski definition) is 5. The molecule has 3 rings (SSSR count). The van der Waals surface area contributed by atoms with E-state index in [-0.39, 0.29) is 0 Å². The third-order valence-corrected chi connectivity index (χ3v) is 4.14. The van der Waals surface area contributed by atoms with Crippen molar-refractivity contribution in [2.24, 2.45) is 4.99 Å². The Hall–Kier alpha value is -2.63. The van der Waals surface area contributed by atoms with Crippen LogP contribution in [0.15, 0.2) is 11.1 Å². The first-order chi connectivity index (χ1) is 11.0.